The SMILES string of the molecule is C[C@@]1(O)CN(c2cccc(C(O)N3CCC(c4cccc(CN)c4)CC3)c2)C(=O)[C@@H]1O. The molecule has 2 heterocycles. The molecule has 0 radical (unpaired) electrons. The van der Waals surface area contributed by atoms with Crippen LogP contribution in [0.4, 0.5) is 5.69 Å². The van der Waals surface area contributed by atoms with Crippen molar-refractivity contribution in [2.45, 2.75) is 50.2 Å². The molecule has 2 aliphatic heterocycles. The zero-order chi connectivity index (χ0) is 22.2. The number of piperidine rings is 1. The number of rotatable bonds is 5. The first-order valence-corrected chi connectivity index (χ1v) is 10.8. The van der Waals surface area contributed by atoms with Crippen LogP contribution in [0.1, 0.15) is 48.6 Å². The number of amides is 1. The quantitative estimate of drug-likeness (QED) is 0.578. The number of aliphatic hydroxyl groups excluding tert-OH is 2. The molecule has 7 nitrogen and oxygen atoms in total. The van der Waals surface area contributed by atoms with Crippen molar-refractivity contribution in [3.8, 4) is 0 Å². The number of carbonyl (C=O) groups is 1. The van der Waals surface area contributed by atoms with Crippen LogP contribution >= 0.6 is 0 Å². The summed E-state index contributed by atoms with van der Waals surface area (Å²) in [6, 6.07) is 15.5. The summed E-state index contributed by atoms with van der Waals surface area (Å²) in [5.41, 5.74) is 7.97. The van der Waals surface area contributed by atoms with E-state index in [0.717, 1.165) is 31.5 Å². The molecule has 2 aromatic rings. The minimum atomic E-state index is -1.49. The van der Waals surface area contributed by atoms with Crippen molar-refractivity contribution in [2.24, 2.45) is 5.73 Å². The van der Waals surface area contributed by atoms with Crippen LogP contribution in [0.3, 0.4) is 0 Å². The number of benzene rings is 2. The van der Waals surface area contributed by atoms with Crippen LogP contribution < -0.4 is 10.6 Å². The fraction of sp³-hybridized carbons (Fsp3) is 0.458. The molecule has 1 amide bonds. The average molecular weight is 426 g/mol. The van der Waals surface area contributed by atoms with Crippen LogP contribution in [-0.2, 0) is 11.3 Å². The van der Waals surface area contributed by atoms with E-state index in [2.05, 4.69) is 18.2 Å². The number of aliphatic hydroxyl groups is 3. The normalized spacial score (nSPS) is 26.4. The Bertz CT molecular complexity index is 940. The zero-order valence-electron chi connectivity index (χ0n) is 17.8. The number of nitrogens with two attached hydrogens (primary N) is 1. The van der Waals surface area contributed by atoms with Crippen LogP contribution in [0.5, 0.6) is 0 Å². The molecule has 0 saturated carbocycles. The minimum Gasteiger partial charge on any atom is -0.385 e. The van der Waals surface area contributed by atoms with Crippen LogP contribution in [0, 0.1) is 0 Å². The van der Waals surface area contributed by atoms with Crippen molar-refractivity contribution in [2.75, 3.05) is 24.5 Å². The van der Waals surface area contributed by atoms with E-state index in [1.165, 1.54) is 17.4 Å². The van der Waals surface area contributed by atoms with Gasteiger partial charge in [-0.15, -0.1) is 0 Å². The Balaban J connectivity index is 1.43. The molecule has 1 unspecified atom stereocenters. The fourth-order valence-corrected chi connectivity index (χ4v) is 4.63. The Morgan fingerprint density at radius 2 is 1.87 bits per heavy atom. The number of anilines is 1. The van der Waals surface area contributed by atoms with Gasteiger partial charge in [-0.05, 0) is 54.5 Å². The third kappa shape index (κ3) is 4.37. The third-order valence-electron chi connectivity index (χ3n) is 6.58. The second-order valence-corrected chi connectivity index (χ2v) is 8.91. The predicted octanol–water partition coefficient (Wildman–Crippen LogP) is 1.47. The molecule has 0 aromatic heterocycles. The van der Waals surface area contributed by atoms with Crippen molar-refractivity contribution < 1.29 is 20.1 Å². The van der Waals surface area contributed by atoms with E-state index in [9.17, 15) is 20.1 Å². The topological polar surface area (TPSA) is 110 Å². The molecule has 3 atom stereocenters. The van der Waals surface area contributed by atoms with Crippen molar-refractivity contribution in [1.82, 2.24) is 4.90 Å². The summed E-state index contributed by atoms with van der Waals surface area (Å²) in [5.74, 6) is -0.0793. The van der Waals surface area contributed by atoms with Crippen molar-refractivity contribution in [3.05, 3.63) is 65.2 Å². The summed E-state index contributed by atoms with van der Waals surface area (Å²) in [6.45, 7) is 3.52. The molecule has 7 heteroatoms. The molecule has 0 spiro atoms. The average Bonchev–Trinajstić information content (AvgIpc) is 3.01. The molecule has 31 heavy (non-hydrogen) atoms. The van der Waals surface area contributed by atoms with E-state index in [1.54, 1.807) is 18.2 Å². The van der Waals surface area contributed by atoms with Crippen molar-refractivity contribution in [3.63, 3.8) is 0 Å². The zero-order valence-corrected chi connectivity index (χ0v) is 17.8. The summed E-state index contributed by atoms with van der Waals surface area (Å²) < 4.78 is 0. The first-order valence-electron chi connectivity index (χ1n) is 10.8. The molecule has 0 bridgehead atoms. The Morgan fingerprint density at radius 3 is 2.52 bits per heavy atom. The Kier molecular flexibility index (Phi) is 6.14. The van der Waals surface area contributed by atoms with E-state index in [0.29, 0.717) is 23.7 Å². The lowest BCUT2D eigenvalue weighted by atomic mass is 9.88. The number of hydrogen-bond acceptors (Lipinski definition) is 6. The highest BCUT2D eigenvalue weighted by Gasteiger charge is 2.47. The predicted molar refractivity (Wildman–Crippen MR) is 118 cm³/mol. The van der Waals surface area contributed by atoms with Crippen LogP contribution in [0.25, 0.3) is 0 Å². The monoisotopic (exact) mass is 425 g/mol. The second-order valence-electron chi connectivity index (χ2n) is 8.91. The lowest BCUT2D eigenvalue weighted by Crippen LogP contribution is -2.39. The van der Waals surface area contributed by atoms with Gasteiger partial charge < -0.3 is 26.0 Å². The molecular formula is C24H31N3O4. The van der Waals surface area contributed by atoms with Crippen molar-refractivity contribution in [1.29, 1.82) is 0 Å². The Labute approximate surface area is 182 Å². The number of nitrogens with zero attached hydrogens (tertiary/aromatic N) is 2. The van der Waals surface area contributed by atoms with Crippen LogP contribution in [0.15, 0.2) is 48.5 Å². The highest BCUT2D eigenvalue weighted by molar-refractivity contribution is 6.00. The molecule has 2 aromatic carbocycles. The lowest BCUT2D eigenvalue weighted by molar-refractivity contribution is -0.130. The van der Waals surface area contributed by atoms with Gasteiger partial charge >= 0.3 is 0 Å². The van der Waals surface area contributed by atoms with Crippen molar-refractivity contribution >= 4 is 11.6 Å². The molecule has 2 saturated heterocycles. The van der Waals surface area contributed by atoms with Gasteiger partial charge in [-0.2, -0.15) is 0 Å². The molecule has 2 fully saturated rings. The maximum atomic E-state index is 12.4. The van der Waals surface area contributed by atoms with Crippen LogP contribution in [-0.4, -0.2) is 57.5 Å². The fourth-order valence-electron chi connectivity index (χ4n) is 4.63. The standard InChI is InChI=1S/C24H31N3O4/c1-24(31)15-27(23(30)21(24)28)20-7-3-6-19(13-20)22(29)26-10-8-17(9-11-26)18-5-2-4-16(12-18)14-25/h2-7,12-13,17,21-22,28-29,31H,8-11,14-15,25H2,1H3/t21-,22?,24+/m0/s1. The second kappa shape index (κ2) is 8.68. The van der Waals surface area contributed by atoms with Gasteiger partial charge in [0.2, 0.25) is 0 Å². The highest BCUT2D eigenvalue weighted by atomic mass is 16.4. The van der Waals surface area contributed by atoms with Gasteiger partial charge in [-0.1, -0.05) is 36.4 Å². The van der Waals surface area contributed by atoms with Gasteiger partial charge in [0, 0.05) is 25.3 Å². The van der Waals surface area contributed by atoms with E-state index in [1.807, 2.05) is 17.0 Å². The summed E-state index contributed by atoms with van der Waals surface area (Å²) in [6.07, 6.45) is -0.327. The molecular weight excluding hydrogens is 394 g/mol. The van der Waals surface area contributed by atoms with Gasteiger partial charge in [0.1, 0.15) is 11.8 Å². The smallest absolute Gasteiger partial charge is 0.258 e. The Morgan fingerprint density at radius 1 is 1.16 bits per heavy atom. The van der Waals surface area contributed by atoms with E-state index >= 15 is 0 Å². The first kappa shape index (κ1) is 21.9. The summed E-state index contributed by atoms with van der Waals surface area (Å²) in [7, 11) is 0. The van der Waals surface area contributed by atoms with E-state index in [-0.39, 0.29) is 6.54 Å². The van der Waals surface area contributed by atoms with Crippen LogP contribution in [0.2, 0.25) is 0 Å². The molecule has 5 N–H and O–H groups in total. The van der Waals surface area contributed by atoms with Gasteiger partial charge in [0.05, 0.1) is 6.54 Å². The third-order valence-corrected chi connectivity index (χ3v) is 6.58. The summed E-state index contributed by atoms with van der Waals surface area (Å²) >= 11 is 0. The molecule has 4 rings (SSSR count). The number of hydrogen-bond donors (Lipinski definition) is 4. The summed E-state index contributed by atoms with van der Waals surface area (Å²) in [4.78, 5) is 15.8. The largest absolute Gasteiger partial charge is 0.385 e. The molecule has 0 aliphatic carbocycles. The maximum Gasteiger partial charge on any atom is 0.258 e. The highest BCUT2D eigenvalue weighted by Crippen LogP contribution is 2.34. The van der Waals surface area contributed by atoms with E-state index in [4.69, 9.17) is 5.73 Å². The summed E-state index contributed by atoms with van der Waals surface area (Å²) in [5, 5.41) is 31.2. The maximum absolute atomic E-state index is 12.4. The molecule has 166 valence electrons. The molecule has 2 aliphatic rings. The van der Waals surface area contributed by atoms with Gasteiger partial charge in [-0.25, -0.2) is 0 Å². The van der Waals surface area contributed by atoms with Gasteiger partial charge in [0.15, 0.2) is 6.10 Å². The van der Waals surface area contributed by atoms with E-state index < -0.39 is 23.8 Å². The number of likely N-dealkylation sites (tertiary alicyclic amines) is 1. The number of carbonyl (C=O) groups excluding carboxylic acids is 1. The Hall–Kier alpha value is -2.29. The first-order chi connectivity index (χ1) is 14.8. The number of β-amino-alcohol motifs (C(OH)–C–C–N with tert-alkyl or cyclic N) is 1. The van der Waals surface area contributed by atoms with Gasteiger partial charge in [-0.3, -0.25) is 9.69 Å². The van der Waals surface area contributed by atoms with Gasteiger partial charge in [0.25, 0.3) is 5.91 Å². The minimum absolute atomic E-state index is 0.0137. The lowest BCUT2D eigenvalue weighted by Gasteiger charge is -2.35.